The molecule has 312 valence electrons. The second-order valence-electron chi connectivity index (χ2n) is 16.0. The van der Waals surface area contributed by atoms with Crippen LogP contribution in [0.2, 0.25) is 0 Å². The van der Waals surface area contributed by atoms with Crippen molar-refractivity contribution in [3.63, 3.8) is 0 Å². The van der Waals surface area contributed by atoms with Crippen molar-refractivity contribution in [3.8, 4) is 27.9 Å². The zero-order valence-electron chi connectivity index (χ0n) is 34.6. The first-order valence-electron chi connectivity index (χ1n) is 20.7. The summed E-state index contributed by atoms with van der Waals surface area (Å²) in [4.78, 5) is 68.3. The fourth-order valence-corrected chi connectivity index (χ4v) is 9.05. The third-order valence-corrected chi connectivity index (χ3v) is 12.4. The maximum Gasteiger partial charge on any atom is 0.350 e. The summed E-state index contributed by atoms with van der Waals surface area (Å²) < 4.78 is 4.67. The zero-order chi connectivity index (χ0) is 42.6. The average molecular weight is 829 g/mol. The van der Waals surface area contributed by atoms with Crippen molar-refractivity contribution in [2.24, 2.45) is 14.1 Å². The minimum absolute atomic E-state index is 0.149. The van der Waals surface area contributed by atoms with Gasteiger partial charge in [0.05, 0.1) is 34.7 Å². The molecule has 62 heavy (non-hydrogen) atoms. The van der Waals surface area contributed by atoms with Crippen molar-refractivity contribution in [3.05, 3.63) is 126 Å². The predicted molar refractivity (Wildman–Crippen MR) is 237 cm³/mol. The molecule has 1 atom stereocenters. The molecule has 3 saturated heterocycles. The van der Waals surface area contributed by atoms with E-state index >= 15 is 0 Å². The van der Waals surface area contributed by atoms with Crippen LogP contribution in [-0.4, -0.2) is 91.2 Å². The molecular formula is C46H44N12O4. The molecule has 3 aliphatic heterocycles. The first-order valence-corrected chi connectivity index (χ1v) is 20.7. The van der Waals surface area contributed by atoms with Crippen molar-refractivity contribution in [2.75, 3.05) is 58.9 Å². The van der Waals surface area contributed by atoms with E-state index in [1.165, 1.54) is 15.6 Å². The second-order valence-corrected chi connectivity index (χ2v) is 16.0. The predicted octanol–water partition coefficient (Wildman–Crippen LogP) is 5.18. The molecule has 4 amide bonds. The van der Waals surface area contributed by atoms with E-state index in [1.54, 1.807) is 35.4 Å². The Morgan fingerprint density at radius 2 is 1.44 bits per heavy atom. The Morgan fingerprint density at radius 3 is 2.16 bits per heavy atom. The number of fused-ring (bicyclic) bond motifs is 1. The number of aromatic nitrogens is 7. The number of anilines is 4. The molecule has 7 aromatic rings. The maximum atomic E-state index is 13.7. The van der Waals surface area contributed by atoms with Crippen LogP contribution >= 0.6 is 0 Å². The number of carbonyl (C=O) groups is 3. The van der Waals surface area contributed by atoms with Gasteiger partial charge in [-0.05, 0) is 102 Å². The summed E-state index contributed by atoms with van der Waals surface area (Å²) in [5.41, 5.74) is 9.69. The Bertz CT molecular complexity index is 2950. The number of benzene rings is 3. The summed E-state index contributed by atoms with van der Waals surface area (Å²) in [6.45, 7) is 6.29. The highest BCUT2D eigenvalue weighted by Crippen LogP contribution is 2.39. The highest BCUT2D eigenvalue weighted by molar-refractivity contribution is 6.06. The number of piperazine rings is 1. The van der Waals surface area contributed by atoms with Crippen molar-refractivity contribution < 1.29 is 14.4 Å². The third-order valence-electron chi connectivity index (χ3n) is 12.4. The first-order chi connectivity index (χ1) is 30.1. The minimum atomic E-state index is -0.441. The van der Waals surface area contributed by atoms with Gasteiger partial charge < -0.3 is 9.80 Å². The number of imide groups is 1. The Morgan fingerprint density at radius 1 is 0.694 bits per heavy atom. The monoisotopic (exact) mass is 828 g/mol. The van der Waals surface area contributed by atoms with Crippen LogP contribution in [0.3, 0.4) is 0 Å². The van der Waals surface area contributed by atoms with Crippen LogP contribution in [0.15, 0.2) is 109 Å². The molecular weight excluding hydrogens is 785 g/mol. The van der Waals surface area contributed by atoms with Crippen LogP contribution in [0, 0.1) is 6.92 Å². The number of piperidine rings is 1. The topological polar surface area (TPSA) is 160 Å². The quantitative estimate of drug-likeness (QED) is 0.202. The van der Waals surface area contributed by atoms with Crippen LogP contribution in [0.1, 0.15) is 30.0 Å². The van der Waals surface area contributed by atoms with Crippen molar-refractivity contribution in [1.82, 2.24) is 39.4 Å². The van der Waals surface area contributed by atoms with E-state index < -0.39 is 5.92 Å². The number of aryl methyl sites for hydroxylation is 2. The molecule has 16 heteroatoms. The van der Waals surface area contributed by atoms with Crippen LogP contribution < -0.4 is 30.6 Å². The molecule has 3 aliphatic rings. The van der Waals surface area contributed by atoms with Gasteiger partial charge in [-0.1, -0.05) is 18.2 Å². The summed E-state index contributed by atoms with van der Waals surface area (Å²) in [5, 5.41) is 12.3. The smallest absolute Gasteiger partial charge is 0.350 e. The number of nitrogens with zero attached hydrogens (tertiary/aromatic N) is 11. The first kappa shape index (κ1) is 38.6. The van der Waals surface area contributed by atoms with Crippen molar-refractivity contribution >= 4 is 51.6 Å². The highest BCUT2D eigenvalue weighted by atomic mass is 16.2. The molecule has 0 aliphatic carbocycles. The molecule has 0 spiro atoms. The van der Waals surface area contributed by atoms with E-state index in [-0.39, 0.29) is 23.5 Å². The molecule has 4 aromatic heterocycles. The van der Waals surface area contributed by atoms with E-state index in [2.05, 4.69) is 61.6 Å². The van der Waals surface area contributed by atoms with E-state index in [4.69, 9.17) is 10.1 Å². The number of carbonyl (C=O) groups excluding carboxylic acids is 3. The summed E-state index contributed by atoms with van der Waals surface area (Å²) >= 11 is 0. The largest absolute Gasteiger partial charge is 0.368 e. The van der Waals surface area contributed by atoms with Gasteiger partial charge in [0.2, 0.25) is 11.8 Å². The van der Waals surface area contributed by atoms with Gasteiger partial charge in [0.1, 0.15) is 12.1 Å². The van der Waals surface area contributed by atoms with Gasteiger partial charge >= 0.3 is 11.7 Å². The fourth-order valence-electron chi connectivity index (χ4n) is 9.05. The lowest BCUT2D eigenvalue weighted by molar-refractivity contribution is -0.134. The Balaban J connectivity index is 0.907. The van der Waals surface area contributed by atoms with Crippen LogP contribution in [0.25, 0.3) is 38.8 Å². The number of hydrogen-bond acceptors (Lipinski definition) is 10. The van der Waals surface area contributed by atoms with Crippen LogP contribution in [0.4, 0.5) is 27.7 Å². The van der Waals surface area contributed by atoms with Gasteiger partial charge in [0, 0.05) is 88.9 Å². The summed E-state index contributed by atoms with van der Waals surface area (Å²) in [7, 11) is 3.52. The molecule has 0 saturated carbocycles. The van der Waals surface area contributed by atoms with Crippen molar-refractivity contribution in [1.29, 1.82) is 0 Å². The number of pyridine rings is 2. The Kier molecular flexibility index (Phi) is 9.61. The minimum Gasteiger partial charge on any atom is -0.368 e. The van der Waals surface area contributed by atoms with E-state index in [9.17, 15) is 19.2 Å². The molecule has 3 aromatic carbocycles. The van der Waals surface area contributed by atoms with Gasteiger partial charge in [0.15, 0.2) is 0 Å². The lowest BCUT2D eigenvalue weighted by Crippen LogP contribution is -2.46. The lowest BCUT2D eigenvalue weighted by atomic mass is 9.92. The van der Waals surface area contributed by atoms with Gasteiger partial charge in [-0.15, -0.1) is 0 Å². The SMILES string of the molecule is Cc1c(-c2ccc(-n3cnn(C)c3=O)cc2-c2ccc(N3CCN(c4ccc5c(C6CCC(=O)NC6=O)nn(C)c5c4)CC3)cc2)ccnc1N1CCN(c2cccnc2)C1=O. The molecule has 0 bridgehead atoms. The summed E-state index contributed by atoms with van der Waals surface area (Å²) in [6, 6.07) is 26.3. The molecule has 16 nitrogen and oxygen atoms in total. The third kappa shape index (κ3) is 6.73. The molecule has 0 radical (unpaired) electrons. The number of nitrogens with one attached hydrogen (secondary N) is 1. The molecule has 1 unspecified atom stereocenters. The van der Waals surface area contributed by atoms with Crippen molar-refractivity contribution in [2.45, 2.75) is 25.7 Å². The zero-order valence-corrected chi connectivity index (χ0v) is 34.6. The molecule has 7 heterocycles. The molecule has 3 fully saturated rings. The van der Waals surface area contributed by atoms with E-state index in [0.717, 1.165) is 82.0 Å². The Hall–Kier alpha value is -7.62. The summed E-state index contributed by atoms with van der Waals surface area (Å²) in [5.74, 6) is -0.358. The van der Waals surface area contributed by atoms with Gasteiger partial charge in [-0.25, -0.2) is 23.8 Å². The fraction of sp³-hybridized carbons (Fsp3) is 0.261. The summed E-state index contributed by atoms with van der Waals surface area (Å²) in [6.07, 6.45) is 7.43. The highest BCUT2D eigenvalue weighted by Gasteiger charge is 2.34. The number of hydrogen-bond donors (Lipinski definition) is 1. The van der Waals surface area contributed by atoms with E-state index in [0.29, 0.717) is 43.1 Å². The maximum absolute atomic E-state index is 13.7. The Labute approximate surface area is 356 Å². The normalized spacial score (nSPS) is 17.1. The lowest BCUT2D eigenvalue weighted by Gasteiger charge is -2.37. The number of amides is 4. The van der Waals surface area contributed by atoms with Gasteiger partial charge in [-0.2, -0.15) is 10.2 Å². The van der Waals surface area contributed by atoms with Gasteiger partial charge in [0.25, 0.3) is 0 Å². The van der Waals surface area contributed by atoms with Crippen LogP contribution in [-0.2, 0) is 23.7 Å². The van der Waals surface area contributed by atoms with E-state index in [1.807, 2.05) is 61.1 Å². The second kappa shape index (κ2) is 15.4. The van der Waals surface area contributed by atoms with Crippen LogP contribution in [0.5, 0.6) is 0 Å². The number of urea groups is 1. The van der Waals surface area contributed by atoms with Gasteiger partial charge in [-0.3, -0.25) is 34.4 Å². The number of rotatable bonds is 8. The average Bonchev–Trinajstić information content (AvgIpc) is 3.96. The molecule has 1 N–H and O–H groups in total. The molecule has 10 rings (SSSR count). The standard InChI is InChI=1S/C46H44N12O4/c1-29-35(16-18-48-43(29)57-24-23-56(46(57)62)34-5-4-17-47-27-34)36-12-11-33(58-28-49-53(3)45(58)61)25-39(36)30-6-8-31(9-7-30)54-19-21-55(22-20-54)32-10-13-37-40(26-32)52(2)51-42(37)38-14-15-41(59)50-44(38)60/h4-13,16-18,25-28,38H,14-15,19-24H2,1-3H3,(H,50,59,60).